The Hall–Kier alpha value is -2.63. The predicted octanol–water partition coefficient (Wildman–Crippen LogP) is 1.48. The predicted molar refractivity (Wildman–Crippen MR) is 83.3 cm³/mol. The molecule has 0 aromatic heterocycles. The summed E-state index contributed by atoms with van der Waals surface area (Å²) < 4.78 is 4.66. The van der Waals surface area contributed by atoms with Crippen molar-refractivity contribution in [3.05, 3.63) is 41.5 Å². The minimum absolute atomic E-state index is 0.187. The van der Waals surface area contributed by atoms with Crippen LogP contribution in [0.15, 0.2) is 30.4 Å². The summed E-state index contributed by atoms with van der Waals surface area (Å²) in [6.45, 7) is 4.92. The number of allylic oxidation sites excluding steroid dienone is 1. The number of benzene rings is 1. The molecule has 0 saturated carbocycles. The largest absolute Gasteiger partial charge is 0.452 e. The molecule has 1 rings (SSSR count). The Morgan fingerprint density at radius 2 is 1.91 bits per heavy atom. The van der Waals surface area contributed by atoms with Crippen LogP contribution in [0, 0.1) is 13.8 Å². The minimum Gasteiger partial charge on any atom is -0.452 e. The molecule has 0 aliphatic carbocycles. The molecular weight excluding hydrogens is 284 g/mol. The van der Waals surface area contributed by atoms with E-state index in [0.717, 1.165) is 11.1 Å². The molecular formula is C16H20N2O4. The Labute approximate surface area is 129 Å². The first-order valence-electron chi connectivity index (χ1n) is 6.86. The van der Waals surface area contributed by atoms with Crippen molar-refractivity contribution >= 4 is 23.5 Å². The standard InChI is InChI=1S/C16H20N2O4/c1-4-6-16(21)22-10-15(20)17-9-14(19)18-13-8-5-7-11(2)12(13)3/h4-8H,9-10H2,1-3H3,(H,17,20)(H,18,19)/b6-4+. The van der Waals surface area contributed by atoms with E-state index in [1.54, 1.807) is 13.0 Å². The number of rotatable bonds is 6. The van der Waals surface area contributed by atoms with Gasteiger partial charge in [-0.25, -0.2) is 4.79 Å². The van der Waals surface area contributed by atoms with E-state index >= 15 is 0 Å². The first-order valence-corrected chi connectivity index (χ1v) is 6.86. The number of amides is 2. The van der Waals surface area contributed by atoms with Crippen molar-refractivity contribution < 1.29 is 19.1 Å². The van der Waals surface area contributed by atoms with Gasteiger partial charge in [0.25, 0.3) is 5.91 Å². The van der Waals surface area contributed by atoms with E-state index < -0.39 is 18.5 Å². The summed E-state index contributed by atoms with van der Waals surface area (Å²) in [4.78, 5) is 34.2. The van der Waals surface area contributed by atoms with Crippen LogP contribution < -0.4 is 10.6 Å². The molecule has 0 unspecified atom stereocenters. The summed E-state index contributed by atoms with van der Waals surface area (Å²) in [6, 6.07) is 5.59. The third-order valence-corrected chi connectivity index (χ3v) is 2.97. The van der Waals surface area contributed by atoms with Crippen molar-refractivity contribution in [2.24, 2.45) is 0 Å². The number of ether oxygens (including phenoxy) is 1. The summed E-state index contributed by atoms with van der Waals surface area (Å²) in [5, 5.41) is 5.10. The Morgan fingerprint density at radius 3 is 2.59 bits per heavy atom. The Kier molecular flexibility index (Phi) is 6.82. The van der Waals surface area contributed by atoms with E-state index in [-0.39, 0.29) is 12.5 Å². The molecule has 0 fully saturated rings. The molecule has 6 heteroatoms. The van der Waals surface area contributed by atoms with Crippen LogP contribution in [-0.4, -0.2) is 30.9 Å². The summed E-state index contributed by atoms with van der Waals surface area (Å²) in [7, 11) is 0. The molecule has 6 nitrogen and oxygen atoms in total. The lowest BCUT2D eigenvalue weighted by atomic mass is 10.1. The Bertz CT molecular complexity index is 594. The van der Waals surface area contributed by atoms with E-state index in [4.69, 9.17) is 0 Å². The number of nitrogens with one attached hydrogen (secondary N) is 2. The highest BCUT2D eigenvalue weighted by Crippen LogP contribution is 2.17. The van der Waals surface area contributed by atoms with E-state index in [0.29, 0.717) is 5.69 Å². The molecule has 0 aliphatic rings. The van der Waals surface area contributed by atoms with Crippen LogP contribution in [0.2, 0.25) is 0 Å². The van der Waals surface area contributed by atoms with Crippen LogP contribution in [0.25, 0.3) is 0 Å². The molecule has 2 N–H and O–H groups in total. The van der Waals surface area contributed by atoms with Gasteiger partial charge in [-0.05, 0) is 38.0 Å². The van der Waals surface area contributed by atoms with Gasteiger partial charge in [0, 0.05) is 11.8 Å². The van der Waals surface area contributed by atoms with Crippen molar-refractivity contribution in [2.45, 2.75) is 20.8 Å². The van der Waals surface area contributed by atoms with E-state index in [2.05, 4.69) is 15.4 Å². The van der Waals surface area contributed by atoms with Gasteiger partial charge in [-0.3, -0.25) is 9.59 Å². The fourth-order valence-corrected chi connectivity index (χ4v) is 1.63. The van der Waals surface area contributed by atoms with Gasteiger partial charge in [0.2, 0.25) is 5.91 Å². The van der Waals surface area contributed by atoms with Crippen molar-refractivity contribution in [3.8, 4) is 0 Å². The molecule has 0 radical (unpaired) electrons. The lowest BCUT2D eigenvalue weighted by Crippen LogP contribution is -2.35. The SMILES string of the molecule is C/C=C/C(=O)OCC(=O)NCC(=O)Nc1cccc(C)c1C. The van der Waals surface area contributed by atoms with Gasteiger partial charge in [0.1, 0.15) is 0 Å². The lowest BCUT2D eigenvalue weighted by Gasteiger charge is -2.11. The fourth-order valence-electron chi connectivity index (χ4n) is 1.63. The summed E-state index contributed by atoms with van der Waals surface area (Å²) in [5.41, 5.74) is 2.75. The zero-order chi connectivity index (χ0) is 16.5. The monoisotopic (exact) mass is 304 g/mol. The number of carbonyl (C=O) groups is 3. The van der Waals surface area contributed by atoms with Gasteiger partial charge in [0.05, 0.1) is 6.54 Å². The second-order valence-electron chi connectivity index (χ2n) is 4.68. The molecule has 2 amide bonds. The zero-order valence-corrected chi connectivity index (χ0v) is 12.9. The molecule has 0 atom stereocenters. The third-order valence-electron chi connectivity index (χ3n) is 2.97. The topological polar surface area (TPSA) is 84.5 Å². The van der Waals surface area contributed by atoms with Crippen LogP contribution in [0.4, 0.5) is 5.69 Å². The lowest BCUT2D eigenvalue weighted by molar-refractivity contribution is -0.143. The molecule has 118 valence electrons. The van der Waals surface area contributed by atoms with Crippen LogP contribution >= 0.6 is 0 Å². The molecule has 0 bridgehead atoms. The highest BCUT2D eigenvalue weighted by atomic mass is 16.5. The van der Waals surface area contributed by atoms with Crippen LogP contribution in [0.1, 0.15) is 18.1 Å². The van der Waals surface area contributed by atoms with E-state index in [9.17, 15) is 14.4 Å². The smallest absolute Gasteiger partial charge is 0.330 e. The number of aryl methyl sites for hydroxylation is 1. The van der Waals surface area contributed by atoms with Gasteiger partial charge in [0.15, 0.2) is 6.61 Å². The molecule has 0 saturated heterocycles. The number of hydrogen-bond donors (Lipinski definition) is 2. The molecule has 0 aliphatic heterocycles. The second kappa shape index (κ2) is 8.61. The average Bonchev–Trinajstić information content (AvgIpc) is 2.48. The summed E-state index contributed by atoms with van der Waals surface area (Å²) in [6.07, 6.45) is 2.72. The molecule has 0 spiro atoms. The Balaban J connectivity index is 2.38. The maximum Gasteiger partial charge on any atom is 0.330 e. The summed E-state index contributed by atoms with van der Waals surface area (Å²) >= 11 is 0. The first-order chi connectivity index (χ1) is 10.4. The second-order valence-corrected chi connectivity index (χ2v) is 4.68. The quantitative estimate of drug-likeness (QED) is 0.616. The maximum absolute atomic E-state index is 11.8. The van der Waals surface area contributed by atoms with Crippen molar-refractivity contribution in [1.29, 1.82) is 0 Å². The Morgan fingerprint density at radius 1 is 1.18 bits per heavy atom. The number of esters is 1. The third kappa shape index (κ3) is 5.78. The van der Waals surface area contributed by atoms with Gasteiger partial charge in [-0.2, -0.15) is 0 Å². The van der Waals surface area contributed by atoms with Crippen LogP contribution in [-0.2, 0) is 19.1 Å². The van der Waals surface area contributed by atoms with Crippen LogP contribution in [0.3, 0.4) is 0 Å². The van der Waals surface area contributed by atoms with Gasteiger partial charge >= 0.3 is 5.97 Å². The normalized spacial score (nSPS) is 10.3. The van der Waals surface area contributed by atoms with Crippen molar-refractivity contribution in [3.63, 3.8) is 0 Å². The van der Waals surface area contributed by atoms with Crippen molar-refractivity contribution in [2.75, 3.05) is 18.5 Å². The molecule has 1 aromatic carbocycles. The number of carbonyl (C=O) groups excluding carboxylic acids is 3. The maximum atomic E-state index is 11.8. The van der Waals surface area contributed by atoms with Gasteiger partial charge < -0.3 is 15.4 Å². The van der Waals surface area contributed by atoms with E-state index in [1.165, 1.54) is 12.2 Å². The average molecular weight is 304 g/mol. The summed E-state index contributed by atoms with van der Waals surface area (Å²) in [5.74, 6) is -1.48. The highest BCUT2D eigenvalue weighted by molar-refractivity contribution is 5.95. The first kappa shape index (κ1) is 17.4. The molecule has 1 aromatic rings. The van der Waals surface area contributed by atoms with Crippen LogP contribution in [0.5, 0.6) is 0 Å². The van der Waals surface area contributed by atoms with Gasteiger partial charge in [-0.1, -0.05) is 18.2 Å². The van der Waals surface area contributed by atoms with Gasteiger partial charge in [-0.15, -0.1) is 0 Å². The van der Waals surface area contributed by atoms with Crippen molar-refractivity contribution in [1.82, 2.24) is 5.32 Å². The fraction of sp³-hybridized carbons (Fsp3) is 0.312. The highest BCUT2D eigenvalue weighted by Gasteiger charge is 2.09. The number of hydrogen-bond acceptors (Lipinski definition) is 4. The molecule has 22 heavy (non-hydrogen) atoms. The number of anilines is 1. The zero-order valence-electron chi connectivity index (χ0n) is 12.9. The molecule has 0 heterocycles. The van der Waals surface area contributed by atoms with E-state index in [1.807, 2.05) is 26.0 Å². The minimum atomic E-state index is -0.600.